The van der Waals surface area contributed by atoms with Gasteiger partial charge in [0.2, 0.25) is 11.9 Å². The fourth-order valence-electron chi connectivity index (χ4n) is 2.60. The Labute approximate surface area is 125 Å². The lowest BCUT2D eigenvalue weighted by atomic mass is 10.2. The zero-order valence-corrected chi connectivity index (χ0v) is 13.0. The summed E-state index contributed by atoms with van der Waals surface area (Å²) >= 11 is 0. The molecule has 2 aliphatic rings. The molecule has 1 saturated heterocycles. The second kappa shape index (κ2) is 5.60. The van der Waals surface area contributed by atoms with E-state index in [1.165, 1.54) is 0 Å². The number of nitrogens with zero attached hydrogens (tertiary/aromatic N) is 4. The van der Waals surface area contributed by atoms with Gasteiger partial charge in [-0.2, -0.15) is 0 Å². The Morgan fingerprint density at radius 1 is 1.10 bits per heavy atom. The molecule has 6 heteroatoms. The van der Waals surface area contributed by atoms with Crippen molar-refractivity contribution in [2.75, 3.05) is 43.4 Å². The van der Waals surface area contributed by atoms with Gasteiger partial charge >= 0.3 is 0 Å². The van der Waals surface area contributed by atoms with Gasteiger partial charge in [0.1, 0.15) is 0 Å². The lowest BCUT2D eigenvalue weighted by molar-refractivity contribution is -0.117. The lowest BCUT2D eigenvalue weighted by Gasteiger charge is -2.32. The molecule has 0 spiro atoms. The molecule has 2 fully saturated rings. The predicted molar refractivity (Wildman–Crippen MR) is 82.6 cm³/mol. The van der Waals surface area contributed by atoms with Gasteiger partial charge in [0.05, 0.1) is 17.1 Å². The van der Waals surface area contributed by atoms with Crippen LogP contribution < -0.4 is 10.2 Å². The predicted octanol–water partition coefficient (Wildman–Crippen LogP) is 1.19. The van der Waals surface area contributed by atoms with Crippen LogP contribution in [-0.2, 0) is 4.79 Å². The van der Waals surface area contributed by atoms with Gasteiger partial charge in [-0.3, -0.25) is 4.79 Å². The number of aryl methyl sites for hydroxylation is 2. The number of anilines is 2. The van der Waals surface area contributed by atoms with Crippen molar-refractivity contribution >= 4 is 17.5 Å². The van der Waals surface area contributed by atoms with Crippen molar-refractivity contribution in [2.24, 2.45) is 5.92 Å². The third-order valence-corrected chi connectivity index (χ3v) is 4.24. The van der Waals surface area contributed by atoms with Gasteiger partial charge in [-0.05, 0) is 33.7 Å². The summed E-state index contributed by atoms with van der Waals surface area (Å²) in [6, 6.07) is 0. The number of rotatable bonds is 3. The number of carbonyl (C=O) groups excluding carboxylic acids is 1. The third-order valence-electron chi connectivity index (χ3n) is 4.24. The highest BCUT2D eigenvalue weighted by Gasteiger charge is 2.30. The number of hydrogen-bond donors (Lipinski definition) is 1. The molecule has 1 aromatic rings. The van der Waals surface area contributed by atoms with Crippen molar-refractivity contribution in [3.8, 4) is 0 Å². The first-order valence-corrected chi connectivity index (χ1v) is 7.64. The van der Waals surface area contributed by atoms with E-state index < -0.39 is 0 Å². The van der Waals surface area contributed by atoms with Crippen LogP contribution in [-0.4, -0.2) is 54.0 Å². The summed E-state index contributed by atoms with van der Waals surface area (Å²) in [7, 11) is 2.13. The summed E-state index contributed by atoms with van der Waals surface area (Å²) in [4.78, 5) is 25.6. The van der Waals surface area contributed by atoms with Gasteiger partial charge in [0, 0.05) is 32.1 Å². The molecule has 1 amide bonds. The molecule has 0 aromatic carbocycles. The molecule has 0 radical (unpaired) electrons. The van der Waals surface area contributed by atoms with Crippen molar-refractivity contribution < 1.29 is 4.79 Å². The molecule has 1 N–H and O–H groups in total. The second-order valence-corrected chi connectivity index (χ2v) is 6.12. The maximum absolute atomic E-state index is 11.9. The number of piperazine rings is 1. The Balaban J connectivity index is 1.76. The number of hydrogen-bond acceptors (Lipinski definition) is 5. The van der Waals surface area contributed by atoms with E-state index >= 15 is 0 Å². The quantitative estimate of drug-likeness (QED) is 0.906. The first kappa shape index (κ1) is 14.3. The summed E-state index contributed by atoms with van der Waals surface area (Å²) in [6.07, 6.45) is 2.01. The Morgan fingerprint density at radius 2 is 1.67 bits per heavy atom. The van der Waals surface area contributed by atoms with Crippen molar-refractivity contribution in [3.05, 3.63) is 11.4 Å². The molecule has 21 heavy (non-hydrogen) atoms. The van der Waals surface area contributed by atoms with Gasteiger partial charge in [-0.25, -0.2) is 9.97 Å². The van der Waals surface area contributed by atoms with Gasteiger partial charge in [-0.15, -0.1) is 0 Å². The third kappa shape index (κ3) is 3.15. The largest absolute Gasteiger partial charge is 0.338 e. The number of amides is 1. The number of likely N-dealkylation sites (N-methyl/N-ethyl adjacent to an activating group) is 1. The van der Waals surface area contributed by atoms with Gasteiger partial charge in [0.25, 0.3) is 0 Å². The molecule has 1 saturated carbocycles. The summed E-state index contributed by atoms with van der Waals surface area (Å²) in [5, 5.41) is 2.99. The van der Waals surface area contributed by atoms with Crippen LogP contribution in [0.2, 0.25) is 0 Å². The molecular weight excluding hydrogens is 266 g/mol. The van der Waals surface area contributed by atoms with E-state index in [4.69, 9.17) is 0 Å². The van der Waals surface area contributed by atoms with Crippen LogP contribution in [0.1, 0.15) is 24.2 Å². The van der Waals surface area contributed by atoms with E-state index in [1.54, 1.807) is 0 Å². The highest BCUT2D eigenvalue weighted by molar-refractivity contribution is 5.95. The first-order chi connectivity index (χ1) is 10.0. The smallest absolute Gasteiger partial charge is 0.227 e. The van der Waals surface area contributed by atoms with E-state index in [0.717, 1.165) is 62.0 Å². The average Bonchev–Trinajstić information content (AvgIpc) is 3.27. The molecule has 1 aliphatic carbocycles. The minimum atomic E-state index is 0.108. The minimum absolute atomic E-state index is 0.108. The van der Waals surface area contributed by atoms with Crippen LogP contribution in [0.4, 0.5) is 11.6 Å². The standard InChI is InChI=1S/C15H23N5O/c1-10-13(18-14(21)12-4-5-12)11(2)17-15(16-10)20-8-6-19(3)7-9-20/h12H,4-9H2,1-3H3,(H,18,21). The monoisotopic (exact) mass is 289 g/mol. The van der Waals surface area contributed by atoms with Crippen molar-refractivity contribution in [2.45, 2.75) is 26.7 Å². The molecule has 6 nitrogen and oxygen atoms in total. The fourth-order valence-corrected chi connectivity index (χ4v) is 2.60. The van der Waals surface area contributed by atoms with Gasteiger partial charge in [-0.1, -0.05) is 0 Å². The summed E-state index contributed by atoms with van der Waals surface area (Å²) < 4.78 is 0. The molecule has 1 aliphatic heterocycles. The van der Waals surface area contributed by atoms with Gasteiger partial charge in [0.15, 0.2) is 0 Å². The molecule has 0 bridgehead atoms. The topological polar surface area (TPSA) is 61.4 Å². The average molecular weight is 289 g/mol. The van der Waals surface area contributed by atoms with Crippen molar-refractivity contribution in [1.82, 2.24) is 14.9 Å². The highest BCUT2D eigenvalue weighted by atomic mass is 16.2. The Morgan fingerprint density at radius 3 is 2.19 bits per heavy atom. The molecule has 3 rings (SSSR count). The number of nitrogens with one attached hydrogen (secondary N) is 1. The van der Waals surface area contributed by atoms with Crippen LogP contribution >= 0.6 is 0 Å². The van der Waals surface area contributed by atoms with E-state index in [2.05, 4.69) is 32.1 Å². The number of carbonyl (C=O) groups is 1. The molecular formula is C15H23N5O. The van der Waals surface area contributed by atoms with Crippen LogP contribution in [0.3, 0.4) is 0 Å². The molecule has 2 heterocycles. The van der Waals surface area contributed by atoms with Gasteiger partial charge < -0.3 is 15.1 Å². The second-order valence-electron chi connectivity index (χ2n) is 6.12. The molecule has 0 unspecified atom stereocenters. The Kier molecular flexibility index (Phi) is 3.80. The maximum Gasteiger partial charge on any atom is 0.227 e. The van der Waals surface area contributed by atoms with E-state index in [0.29, 0.717) is 0 Å². The maximum atomic E-state index is 11.9. The van der Waals surface area contributed by atoms with E-state index in [9.17, 15) is 4.79 Å². The minimum Gasteiger partial charge on any atom is -0.338 e. The summed E-state index contributed by atoms with van der Waals surface area (Å²) in [5.74, 6) is 1.08. The Hall–Kier alpha value is -1.69. The van der Waals surface area contributed by atoms with Crippen molar-refractivity contribution in [3.63, 3.8) is 0 Å². The zero-order valence-electron chi connectivity index (χ0n) is 13.0. The summed E-state index contributed by atoms with van der Waals surface area (Å²) in [6.45, 7) is 7.84. The van der Waals surface area contributed by atoms with Crippen LogP contribution in [0.15, 0.2) is 0 Å². The first-order valence-electron chi connectivity index (χ1n) is 7.64. The molecule has 114 valence electrons. The van der Waals surface area contributed by atoms with E-state index in [-0.39, 0.29) is 11.8 Å². The van der Waals surface area contributed by atoms with Crippen LogP contribution in [0.25, 0.3) is 0 Å². The van der Waals surface area contributed by atoms with Crippen LogP contribution in [0.5, 0.6) is 0 Å². The zero-order chi connectivity index (χ0) is 15.0. The SMILES string of the molecule is Cc1nc(N2CCN(C)CC2)nc(C)c1NC(=O)C1CC1. The van der Waals surface area contributed by atoms with E-state index in [1.807, 2.05) is 13.8 Å². The lowest BCUT2D eigenvalue weighted by Crippen LogP contribution is -2.45. The number of aromatic nitrogens is 2. The molecule has 0 atom stereocenters. The van der Waals surface area contributed by atoms with Crippen LogP contribution in [0, 0.1) is 19.8 Å². The van der Waals surface area contributed by atoms with Crippen molar-refractivity contribution in [1.29, 1.82) is 0 Å². The highest BCUT2D eigenvalue weighted by Crippen LogP contribution is 2.31. The Bertz CT molecular complexity index is 524. The normalized spacial score (nSPS) is 19.7. The summed E-state index contributed by atoms with van der Waals surface area (Å²) in [5.41, 5.74) is 2.49. The fraction of sp³-hybridized carbons (Fsp3) is 0.667. The molecule has 1 aromatic heterocycles.